The topological polar surface area (TPSA) is 12.0 Å². The van der Waals surface area contributed by atoms with Gasteiger partial charge in [0.25, 0.3) is 0 Å². The van der Waals surface area contributed by atoms with E-state index in [1.165, 1.54) is 51.5 Å². The molecule has 2 unspecified atom stereocenters. The lowest BCUT2D eigenvalue weighted by molar-refractivity contribution is 0.270. The first-order valence-corrected chi connectivity index (χ1v) is 9.06. The van der Waals surface area contributed by atoms with Gasteiger partial charge in [0, 0.05) is 6.04 Å². The molecule has 0 bridgehead atoms. The van der Waals surface area contributed by atoms with Gasteiger partial charge in [0.2, 0.25) is 0 Å². The minimum atomic E-state index is 0.597. The Morgan fingerprint density at radius 1 is 0.905 bits per heavy atom. The molecule has 1 nitrogen and oxygen atoms in total. The number of benzene rings is 1. The van der Waals surface area contributed by atoms with Gasteiger partial charge in [-0.1, -0.05) is 63.8 Å². The summed E-state index contributed by atoms with van der Waals surface area (Å²) in [7, 11) is 0. The lowest BCUT2D eigenvalue weighted by Crippen LogP contribution is -2.28. The molecule has 0 spiro atoms. The molecule has 0 aromatic heterocycles. The summed E-state index contributed by atoms with van der Waals surface area (Å²) in [5, 5.41) is 3.86. The molecule has 1 heteroatoms. The van der Waals surface area contributed by atoms with Gasteiger partial charge in [-0.2, -0.15) is 0 Å². The van der Waals surface area contributed by atoms with Crippen LogP contribution in [-0.4, -0.2) is 6.54 Å². The van der Waals surface area contributed by atoms with Crippen molar-refractivity contribution < 1.29 is 0 Å². The van der Waals surface area contributed by atoms with E-state index in [0.29, 0.717) is 6.04 Å². The Bertz CT molecular complexity index is 445. The number of nitrogens with one attached hydrogen (secondary N) is 1. The van der Waals surface area contributed by atoms with Crippen LogP contribution < -0.4 is 5.32 Å². The molecule has 1 N–H and O–H groups in total. The van der Waals surface area contributed by atoms with Crippen LogP contribution in [0.4, 0.5) is 0 Å². The third-order valence-electron chi connectivity index (χ3n) is 5.87. The zero-order valence-electron chi connectivity index (χ0n) is 13.8. The van der Waals surface area contributed by atoms with Crippen molar-refractivity contribution in [3.63, 3.8) is 0 Å². The highest BCUT2D eigenvalue weighted by molar-refractivity contribution is 5.34. The maximum Gasteiger partial charge on any atom is 0.0323 e. The molecule has 0 heterocycles. The molecule has 2 aliphatic carbocycles. The summed E-state index contributed by atoms with van der Waals surface area (Å²) in [6.45, 7) is 5.99. The van der Waals surface area contributed by atoms with Crippen molar-refractivity contribution in [2.75, 3.05) is 6.54 Å². The van der Waals surface area contributed by atoms with Crippen molar-refractivity contribution in [1.29, 1.82) is 0 Å². The van der Waals surface area contributed by atoms with E-state index in [1.807, 2.05) is 0 Å². The van der Waals surface area contributed by atoms with E-state index in [0.717, 1.165) is 17.8 Å². The molecule has 1 aromatic carbocycles. The summed E-state index contributed by atoms with van der Waals surface area (Å²) in [5.41, 5.74) is 3.14. The van der Waals surface area contributed by atoms with Crippen molar-refractivity contribution in [1.82, 2.24) is 5.32 Å². The minimum absolute atomic E-state index is 0.597. The van der Waals surface area contributed by atoms with Crippen LogP contribution in [0.1, 0.15) is 81.9 Å². The van der Waals surface area contributed by atoms with Gasteiger partial charge in [-0.05, 0) is 54.7 Å². The second-order valence-electron chi connectivity index (χ2n) is 7.53. The zero-order valence-corrected chi connectivity index (χ0v) is 13.8. The summed E-state index contributed by atoms with van der Waals surface area (Å²) in [6, 6.07) is 9.66. The zero-order chi connectivity index (χ0) is 14.7. The van der Waals surface area contributed by atoms with E-state index >= 15 is 0 Å². The predicted molar refractivity (Wildman–Crippen MR) is 90.6 cm³/mol. The maximum atomic E-state index is 3.86. The van der Waals surface area contributed by atoms with Crippen LogP contribution in [0.5, 0.6) is 0 Å². The molecule has 3 rings (SSSR count). The van der Waals surface area contributed by atoms with Gasteiger partial charge in [0.1, 0.15) is 0 Å². The standard InChI is InChI=1S/C20H31N/c1-15-7-10-17(11-8-15)13-14-21-20-12-9-16(2)18-5-3-4-6-19(18)20/h3-6,15-17,20-21H,7-14H2,1-2H3. The molecule has 1 saturated carbocycles. The largest absolute Gasteiger partial charge is 0.310 e. The van der Waals surface area contributed by atoms with Gasteiger partial charge in [-0.25, -0.2) is 0 Å². The highest BCUT2D eigenvalue weighted by Crippen LogP contribution is 2.37. The van der Waals surface area contributed by atoms with Crippen LogP contribution in [0.3, 0.4) is 0 Å². The molecule has 2 atom stereocenters. The average molecular weight is 285 g/mol. The molecule has 0 saturated heterocycles. The Hall–Kier alpha value is -0.820. The highest BCUT2D eigenvalue weighted by atomic mass is 14.9. The van der Waals surface area contributed by atoms with Gasteiger partial charge >= 0.3 is 0 Å². The van der Waals surface area contributed by atoms with Crippen molar-refractivity contribution in [3.05, 3.63) is 35.4 Å². The van der Waals surface area contributed by atoms with Crippen molar-refractivity contribution in [2.24, 2.45) is 11.8 Å². The Morgan fingerprint density at radius 2 is 1.62 bits per heavy atom. The van der Waals surface area contributed by atoms with Crippen LogP contribution in [0.15, 0.2) is 24.3 Å². The Kier molecular flexibility index (Phi) is 5.00. The van der Waals surface area contributed by atoms with Crippen LogP contribution in [-0.2, 0) is 0 Å². The summed E-state index contributed by atoms with van der Waals surface area (Å²) in [4.78, 5) is 0. The first kappa shape index (κ1) is 15.1. The molecule has 2 aliphatic rings. The maximum absolute atomic E-state index is 3.86. The van der Waals surface area contributed by atoms with Crippen molar-refractivity contribution in [2.45, 2.75) is 70.8 Å². The third kappa shape index (κ3) is 3.69. The fraction of sp³-hybridized carbons (Fsp3) is 0.700. The molecular formula is C20H31N. The summed E-state index contributed by atoms with van der Waals surface area (Å²) < 4.78 is 0. The fourth-order valence-electron chi connectivity index (χ4n) is 4.30. The molecular weight excluding hydrogens is 254 g/mol. The molecule has 21 heavy (non-hydrogen) atoms. The smallest absolute Gasteiger partial charge is 0.0323 e. The quantitative estimate of drug-likeness (QED) is 0.777. The number of hydrogen-bond donors (Lipinski definition) is 1. The molecule has 116 valence electrons. The lowest BCUT2D eigenvalue weighted by atomic mass is 9.80. The summed E-state index contributed by atoms with van der Waals surface area (Å²) >= 11 is 0. The fourth-order valence-corrected chi connectivity index (χ4v) is 4.30. The molecule has 1 fully saturated rings. The van der Waals surface area contributed by atoms with E-state index in [-0.39, 0.29) is 0 Å². The molecule has 1 aromatic rings. The van der Waals surface area contributed by atoms with E-state index < -0.39 is 0 Å². The molecule has 0 radical (unpaired) electrons. The van der Waals surface area contributed by atoms with E-state index in [4.69, 9.17) is 0 Å². The Morgan fingerprint density at radius 3 is 2.38 bits per heavy atom. The SMILES string of the molecule is CC1CCC(CCNC2CCC(C)c3ccccc32)CC1. The number of rotatable bonds is 4. The Labute approximate surface area is 130 Å². The number of fused-ring (bicyclic) bond motifs is 1. The van der Waals surface area contributed by atoms with Gasteiger partial charge in [-0.3, -0.25) is 0 Å². The summed E-state index contributed by atoms with van der Waals surface area (Å²) in [6.07, 6.45) is 9.83. The second kappa shape index (κ2) is 6.96. The molecule has 0 aliphatic heterocycles. The van der Waals surface area contributed by atoms with E-state index in [2.05, 4.69) is 43.4 Å². The third-order valence-corrected chi connectivity index (χ3v) is 5.87. The van der Waals surface area contributed by atoms with Crippen molar-refractivity contribution in [3.8, 4) is 0 Å². The lowest BCUT2D eigenvalue weighted by Gasteiger charge is -2.31. The highest BCUT2D eigenvalue weighted by Gasteiger charge is 2.24. The van der Waals surface area contributed by atoms with Gasteiger partial charge in [0.05, 0.1) is 0 Å². The van der Waals surface area contributed by atoms with Gasteiger partial charge in [0.15, 0.2) is 0 Å². The first-order valence-electron chi connectivity index (χ1n) is 9.06. The predicted octanol–water partition coefficient (Wildman–Crippen LogP) is 5.43. The molecule has 0 amide bonds. The van der Waals surface area contributed by atoms with E-state index in [9.17, 15) is 0 Å². The van der Waals surface area contributed by atoms with Crippen molar-refractivity contribution >= 4 is 0 Å². The van der Waals surface area contributed by atoms with Gasteiger partial charge < -0.3 is 5.32 Å². The summed E-state index contributed by atoms with van der Waals surface area (Å²) in [5.74, 6) is 2.69. The minimum Gasteiger partial charge on any atom is -0.310 e. The first-order chi connectivity index (χ1) is 10.2. The van der Waals surface area contributed by atoms with Gasteiger partial charge in [-0.15, -0.1) is 0 Å². The number of hydrogen-bond acceptors (Lipinski definition) is 1. The van der Waals surface area contributed by atoms with E-state index in [1.54, 1.807) is 11.1 Å². The monoisotopic (exact) mass is 285 g/mol. The average Bonchev–Trinajstić information content (AvgIpc) is 2.52. The van der Waals surface area contributed by atoms with Crippen LogP contribution >= 0.6 is 0 Å². The van der Waals surface area contributed by atoms with Crippen LogP contribution in [0.2, 0.25) is 0 Å². The second-order valence-corrected chi connectivity index (χ2v) is 7.53. The normalized spacial score (nSPS) is 32.7. The Balaban J connectivity index is 1.51. The van der Waals surface area contributed by atoms with Crippen LogP contribution in [0.25, 0.3) is 0 Å². The van der Waals surface area contributed by atoms with Crippen LogP contribution in [0, 0.1) is 11.8 Å².